The highest BCUT2D eigenvalue weighted by molar-refractivity contribution is 5.94. The van der Waals surface area contributed by atoms with Gasteiger partial charge in [0.25, 0.3) is 5.91 Å². The predicted molar refractivity (Wildman–Crippen MR) is 93.8 cm³/mol. The monoisotopic (exact) mass is 318 g/mol. The van der Waals surface area contributed by atoms with Gasteiger partial charge in [-0.25, -0.2) is 0 Å². The average Bonchev–Trinajstić information content (AvgIpc) is 2.67. The number of rotatable bonds is 5. The second-order valence-corrected chi connectivity index (χ2v) is 5.33. The van der Waals surface area contributed by atoms with Crippen LogP contribution in [0.4, 0.5) is 0 Å². The number of carbonyl (C=O) groups is 1. The smallest absolute Gasteiger partial charge is 0.251 e. The molecule has 0 aliphatic rings. The summed E-state index contributed by atoms with van der Waals surface area (Å²) in [5.41, 5.74) is 3.49. The second-order valence-electron chi connectivity index (χ2n) is 5.33. The number of aromatic nitrogens is 1. The fraction of sp³-hybridized carbons (Fsp3) is 0.100. The first-order chi connectivity index (χ1) is 11.8. The lowest BCUT2D eigenvalue weighted by molar-refractivity contribution is 0.0951. The SMILES string of the molecule is COc1cccc(CNC(=O)c2ccc(-c3ccccn3)cc2)c1. The second kappa shape index (κ2) is 7.42. The maximum atomic E-state index is 12.3. The maximum Gasteiger partial charge on any atom is 0.251 e. The Labute approximate surface area is 141 Å². The largest absolute Gasteiger partial charge is 0.497 e. The van der Waals surface area contributed by atoms with Gasteiger partial charge in [-0.1, -0.05) is 30.3 Å². The minimum Gasteiger partial charge on any atom is -0.497 e. The summed E-state index contributed by atoms with van der Waals surface area (Å²) in [5.74, 6) is 0.673. The van der Waals surface area contributed by atoms with E-state index in [4.69, 9.17) is 4.74 Å². The molecule has 4 heteroatoms. The molecule has 1 heterocycles. The van der Waals surface area contributed by atoms with Gasteiger partial charge >= 0.3 is 0 Å². The van der Waals surface area contributed by atoms with Crippen LogP contribution in [0.3, 0.4) is 0 Å². The normalized spacial score (nSPS) is 10.2. The summed E-state index contributed by atoms with van der Waals surface area (Å²) in [6, 6.07) is 20.8. The molecule has 120 valence electrons. The van der Waals surface area contributed by atoms with E-state index in [2.05, 4.69) is 10.3 Å². The highest BCUT2D eigenvalue weighted by atomic mass is 16.5. The molecule has 0 atom stereocenters. The summed E-state index contributed by atoms with van der Waals surface area (Å²) in [5, 5.41) is 2.92. The van der Waals surface area contributed by atoms with Crippen molar-refractivity contribution >= 4 is 5.91 Å². The van der Waals surface area contributed by atoms with E-state index in [-0.39, 0.29) is 5.91 Å². The van der Waals surface area contributed by atoms with Gasteiger partial charge < -0.3 is 10.1 Å². The Morgan fingerprint density at radius 1 is 1.04 bits per heavy atom. The lowest BCUT2D eigenvalue weighted by Crippen LogP contribution is -2.22. The van der Waals surface area contributed by atoms with Crippen LogP contribution >= 0.6 is 0 Å². The average molecular weight is 318 g/mol. The quantitative estimate of drug-likeness (QED) is 0.780. The highest BCUT2D eigenvalue weighted by Gasteiger charge is 2.06. The fourth-order valence-electron chi connectivity index (χ4n) is 2.39. The van der Waals surface area contributed by atoms with E-state index >= 15 is 0 Å². The molecule has 1 N–H and O–H groups in total. The van der Waals surface area contributed by atoms with Crippen LogP contribution in [0.1, 0.15) is 15.9 Å². The molecule has 0 unspecified atom stereocenters. The zero-order chi connectivity index (χ0) is 16.8. The Bertz CT molecular complexity index is 815. The molecule has 4 nitrogen and oxygen atoms in total. The molecule has 0 saturated heterocycles. The van der Waals surface area contributed by atoms with Crippen molar-refractivity contribution in [2.24, 2.45) is 0 Å². The van der Waals surface area contributed by atoms with Gasteiger partial charge in [0.2, 0.25) is 0 Å². The molecular weight excluding hydrogens is 300 g/mol. The summed E-state index contributed by atoms with van der Waals surface area (Å²) < 4.78 is 5.18. The third kappa shape index (κ3) is 3.79. The molecule has 0 fully saturated rings. The first-order valence-electron chi connectivity index (χ1n) is 7.69. The third-order valence-electron chi connectivity index (χ3n) is 3.69. The minimum atomic E-state index is -0.106. The lowest BCUT2D eigenvalue weighted by atomic mass is 10.1. The first-order valence-corrected chi connectivity index (χ1v) is 7.69. The van der Waals surface area contributed by atoms with E-state index in [1.54, 1.807) is 13.3 Å². The molecule has 0 aliphatic carbocycles. The molecule has 2 aromatic carbocycles. The Morgan fingerprint density at radius 3 is 2.58 bits per heavy atom. The highest BCUT2D eigenvalue weighted by Crippen LogP contribution is 2.17. The van der Waals surface area contributed by atoms with Crippen molar-refractivity contribution in [1.29, 1.82) is 0 Å². The first kappa shape index (κ1) is 15.7. The van der Waals surface area contributed by atoms with Gasteiger partial charge in [0.1, 0.15) is 5.75 Å². The molecule has 0 saturated carbocycles. The standard InChI is InChI=1S/C20H18N2O2/c1-24-18-6-4-5-15(13-18)14-22-20(23)17-10-8-16(9-11-17)19-7-2-3-12-21-19/h2-13H,14H2,1H3,(H,22,23). The molecular formula is C20H18N2O2. The Hall–Kier alpha value is -3.14. The summed E-state index contributed by atoms with van der Waals surface area (Å²) >= 11 is 0. The van der Waals surface area contributed by atoms with Crippen LogP contribution in [0.5, 0.6) is 5.75 Å². The number of nitrogens with one attached hydrogen (secondary N) is 1. The van der Waals surface area contributed by atoms with E-state index in [0.717, 1.165) is 22.6 Å². The summed E-state index contributed by atoms with van der Waals surface area (Å²) in [4.78, 5) is 16.6. The van der Waals surface area contributed by atoms with Crippen molar-refractivity contribution in [2.75, 3.05) is 7.11 Å². The van der Waals surface area contributed by atoms with Gasteiger partial charge in [0, 0.05) is 23.9 Å². The number of nitrogens with zero attached hydrogens (tertiary/aromatic N) is 1. The Balaban J connectivity index is 1.65. The Kier molecular flexibility index (Phi) is 4.87. The zero-order valence-corrected chi connectivity index (χ0v) is 13.4. The van der Waals surface area contributed by atoms with Crippen molar-refractivity contribution in [3.8, 4) is 17.0 Å². The number of amides is 1. The molecule has 3 aromatic rings. The number of hydrogen-bond acceptors (Lipinski definition) is 3. The maximum absolute atomic E-state index is 12.3. The molecule has 0 spiro atoms. The van der Waals surface area contributed by atoms with E-state index in [9.17, 15) is 4.79 Å². The third-order valence-corrected chi connectivity index (χ3v) is 3.69. The van der Waals surface area contributed by atoms with Crippen LogP contribution in [0.15, 0.2) is 72.9 Å². The fourth-order valence-corrected chi connectivity index (χ4v) is 2.39. The van der Waals surface area contributed by atoms with Gasteiger partial charge in [-0.2, -0.15) is 0 Å². The molecule has 0 bridgehead atoms. The molecule has 24 heavy (non-hydrogen) atoms. The van der Waals surface area contributed by atoms with Crippen LogP contribution in [0.25, 0.3) is 11.3 Å². The van der Waals surface area contributed by atoms with Crippen molar-refractivity contribution in [2.45, 2.75) is 6.54 Å². The lowest BCUT2D eigenvalue weighted by Gasteiger charge is -2.08. The van der Waals surface area contributed by atoms with E-state index < -0.39 is 0 Å². The molecule has 1 aromatic heterocycles. The number of ether oxygens (including phenoxy) is 1. The molecule has 3 rings (SSSR count). The molecule has 1 amide bonds. The summed E-state index contributed by atoms with van der Waals surface area (Å²) in [7, 11) is 1.63. The van der Waals surface area contributed by atoms with E-state index in [1.807, 2.05) is 66.7 Å². The predicted octanol–water partition coefficient (Wildman–Crippen LogP) is 3.69. The number of hydrogen-bond donors (Lipinski definition) is 1. The van der Waals surface area contributed by atoms with Crippen molar-refractivity contribution in [1.82, 2.24) is 10.3 Å². The van der Waals surface area contributed by atoms with Gasteiger partial charge in [-0.15, -0.1) is 0 Å². The molecule has 0 aliphatic heterocycles. The van der Waals surface area contributed by atoms with Crippen LogP contribution in [0, 0.1) is 0 Å². The van der Waals surface area contributed by atoms with Crippen LogP contribution < -0.4 is 10.1 Å². The molecule has 0 radical (unpaired) electrons. The number of carbonyl (C=O) groups excluding carboxylic acids is 1. The minimum absolute atomic E-state index is 0.106. The van der Waals surface area contributed by atoms with Gasteiger partial charge in [0.15, 0.2) is 0 Å². The Morgan fingerprint density at radius 2 is 1.88 bits per heavy atom. The number of benzene rings is 2. The van der Waals surface area contributed by atoms with Crippen molar-refractivity contribution < 1.29 is 9.53 Å². The number of pyridine rings is 1. The van der Waals surface area contributed by atoms with Gasteiger partial charge in [-0.3, -0.25) is 9.78 Å². The van der Waals surface area contributed by atoms with Crippen LogP contribution in [-0.2, 0) is 6.54 Å². The van der Waals surface area contributed by atoms with Crippen LogP contribution in [0.2, 0.25) is 0 Å². The number of methoxy groups -OCH3 is 1. The summed E-state index contributed by atoms with van der Waals surface area (Å²) in [6.07, 6.45) is 1.75. The van der Waals surface area contributed by atoms with Crippen molar-refractivity contribution in [3.05, 3.63) is 84.1 Å². The zero-order valence-electron chi connectivity index (χ0n) is 13.4. The van der Waals surface area contributed by atoms with Crippen molar-refractivity contribution in [3.63, 3.8) is 0 Å². The van der Waals surface area contributed by atoms with Crippen LogP contribution in [-0.4, -0.2) is 18.0 Å². The topological polar surface area (TPSA) is 51.2 Å². The van der Waals surface area contributed by atoms with Gasteiger partial charge in [-0.05, 0) is 42.0 Å². The van der Waals surface area contributed by atoms with E-state index in [0.29, 0.717) is 12.1 Å². The summed E-state index contributed by atoms with van der Waals surface area (Å²) in [6.45, 7) is 0.456. The van der Waals surface area contributed by atoms with Gasteiger partial charge in [0.05, 0.1) is 12.8 Å². The van der Waals surface area contributed by atoms with E-state index in [1.165, 1.54) is 0 Å².